The van der Waals surface area contributed by atoms with Crippen LogP contribution in [0.25, 0.3) is 0 Å². The van der Waals surface area contributed by atoms with Gasteiger partial charge in [-0.05, 0) is 24.5 Å². The molecule has 2 aliphatic rings. The Balaban J connectivity index is 1.71. The second-order valence-corrected chi connectivity index (χ2v) is 7.98. The number of nitrogens with one attached hydrogen (secondary N) is 1. The molecule has 2 N–H and O–H groups in total. The van der Waals surface area contributed by atoms with Crippen LogP contribution in [0, 0.1) is 11.8 Å². The Morgan fingerprint density at radius 1 is 1.39 bits per heavy atom. The summed E-state index contributed by atoms with van der Waals surface area (Å²) in [6.07, 6.45) is 0.912. The van der Waals surface area contributed by atoms with E-state index in [0.717, 1.165) is 18.8 Å². The van der Waals surface area contributed by atoms with E-state index < -0.39 is 0 Å². The molecular weight excluding hydrogens is 362 g/mol. The Labute approximate surface area is 166 Å². The molecule has 1 atom stereocenters. The third-order valence-corrected chi connectivity index (χ3v) is 5.07. The fourth-order valence-corrected chi connectivity index (χ4v) is 3.28. The summed E-state index contributed by atoms with van der Waals surface area (Å²) in [7, 11) is 1.70. The summed E-state index contributed by atoms with van der Waals surface area (Å²) in [6, 6.07) is 3.29. The SMILES string of the molecule is COC1CN(c2ccc(C(=O)NC(CO)CC(C)C)nc2OCC2COC2)C1. The fraction of sp³-hybridized carbons (Fsp3) is 0.700. The van der Waals surface area contributed by atoms with Crippen LogP contribution in [0.2, 0.25) is 0 Å². The van der Waals surface area contributed by atoms with E-state index in [2.05, 4.69) is 29.0 Å². The maximum absolute atomic E-state index is 12.6. The van der Waals surface area contributed by atoms with Crippen LogP contribution in [0.3, 0.4) is 0 Å². The molecule has 3 heterocycles. The lowest BCUT2D eigenvalue weighted by Gasteiger charge is -2.40. The Morgan fingerprint density at radius 2 is 2.14 bits per heavy atom. The highest BCUT2D eigenvalue weighted by molar-refractivity contribution is 5.93. The summed E-state index contributed by atoms with van der Waals surface area (Å²) in [6.45, 7) is 7.45. The summed E-state index contributed by atoms with van der Waals surface area (Å²) >= 11 is 0. The summed E-state index contributed by atoms with van der Waals surface area (Å²) in [5, 5.41) is 12.4. The number of carbonyl (C=O) groups is 1. The number of nitrogens with zero attached hydrogens (tertiary/aromatic N) is 2. The van der Waals surface area contributed by atoms with E-state index in [4.69, 9.17) is 14.2 Å². The van der Waals surface area contributed by atoms with Crippen LogP contribution in [-0.4, -0.2) is 74.8 Å². The molecule has 8 nitrogen and oxygen atoms in total. The van der Waals surface area contributed by atoms with E-state index in [9.17, 15) is 9.90 Å². The molecule has 0 aliphatic carbocycles. The van der Waals surface area contributed by atoms with Crippen molar-refractivity contribution in [1.29, 1.82) is 0 Å². The number of carbonyl (C=O) groups excluding carboxylic acids is 1. The van der Waals surface area contributed by atoms with Crippen molar-refractivity contribution in [3.8, 4) is 5.88 Å². The molecule has 8 heteroatoms. The van der Waals surface area contributed by atoms with Crippen molar-refractivity contribution >= 4 is 11.6 Å². The molecule has 0 radical (unpaired) electrons. The lowest BCUT2D eigenvalue weighted by atomic mass is 10.0. The zero-order chi connectivity index (χ0) is 20.1. The topological polar surface area (TPSA) is 93.2 Å². The first-order valence-electron chi connectivity index (χ1n) is 9.91. The van der Waals surface area contributed by atoms with E-state index in [0.29, 0.717) is 44.0 Å². The maximum atomic E-state index is 12.6. The lowest BCUT2D eigenvalue weighted by molar-refractivity contribution is -0.0514. The van der Waals surface area contributed by atoms with Gasteiger partial charge in [-0.15, -0.1) is 0 Å². The Kier molecular flexibility index (Phi) is 7.09. The van der Waals surface area contributed by atoms with Crippen LogP contribution >= 0.6 is 0 Å². The van der Waals surface area contributed by atoms with E-state index >= 15 is 0 Å². The predicted molar refractivity (Wildman–Crippen MR) is 105 cm³/mol. The highest BCUT2D eigenvalue weighted by atomic mass is 16.5. The van der Waals surface area contributed by atoms with Crippen LogP contribution in [0.1, 0.15) is 30.8 Å². The molecule has 1 unspecified atom stereocenters. The first-order chi connectivity index (χ1) is 13.5. The maximum Gasteiger partial charge on any atom is 0.270 e. The third-order valence-electron chi connectivity index (χ3n) is 5.07. The smallest absolute Gasteiger partial charge is 0.270 e. The number of amides is 1. The van der Waals surface area contributed by atoms with Crippen molar-refractivity contribution < 1.29 is 24.1 Å². The highest BCUT2D eigenvalue weighted by Gasteiger charge is 2.30. The molecular formula is C20H31N3O5. The zero-order valence-electron chi connectivity index (χ0n) is 16.9. The van der Waals surface area contributed by atoms with E-state index in [-0.39, 0.29) is 30.4 Å². The van der Waals surface area contributed by atoms with Gasteiger partial charge in [-0.1, -0.05) is 13.8 Å². The number of aromatic nitrogens is 1. The molecule has 1 aromatic heterocycles. The molecule has 1 amide bonds. The average Bonchev–Trinajstić information content (AvgIpc) is 2.59. The normalized spacial score (nSPS) is 18.5. The predicted octanol–water partition coefficient (Wildman–Crippen LogP) is 1.08. The Hall–Kier alpha value is -1.90. The number of pyridine rings is 1. The lowest BCUT2D eigenvalue weighted by Crippen LogP contribution is -2.52. The van der Waals surface area contributed by atoms with Gasteiger partial charge in [-0.25, -0.2) is 4.98 Å². The van der Waals surface area contributed by atoms with Crippen LogP contribution in [0.4, 0.5) is 5.69 Å². The number of rotatable bonds is 10. The fourth-order valence-electron chi connectivity index (χ4n) is 3.28. The van der Waals surface area contributed by atoms with Crippen molar-refractivity contribution in [3.05, 3.63) is 17.8 Å². The molecule has 2 fully saturated rings. The number of aliphatic hydroxyl groups is 1. The Morgan fingerprint density at radius 3 is 2.71 bits per heavy atom. The van der Waals surface area contributed by atoms with Crippen molar-refractivity contribution in [2.24, 2.45) is 11.8 Å². The second kappa shape index (κ2) is 9.54. The van der Waals surface area contributed by atoms with Gasteiger partial charge in [0, 0.05) is 26.1 Å². The van der Waals surface area contributed by atoms with E-state index in [1.165, 1.54) is 0 Å². The van der Waals surface area contributed by atoms with E-state index in [1.54, 1.807) is 13.2 Å². The van der Waals surface area contributed by atoms with Gasteiger partial charge < -0.3 is 29.5 Å². The van der Waals surface area contributed by atoms with Crippen molar-refractivity contribution in [2.45, 2.75) is 32.4 Å². The summed E-state index contributed by atoms with van der Waals surface area (Å²) in [4.78, 5) is 19.2. The zero-order valence-corrected chi connectivity index (χ0v) is 16.9. The first-order valence-corrected chi connectivity index (χ1v) is 9.91. The number of methoxy groups -OCH3 is 1. The largest absolute Gasteiger partial charge is 0.476 e. The number of ether oxygens (including phenoxy) is 3. The van der Waals surface area contributed by atoms with Gasteiger partial charge >= 0.3 is 0 Å². The minimum Gasteiger partial charge on any atom is -0.476 e. The van der Waals surface area contributed by atoms with Gasteiger partial charge in [-0.2, -0.15) is 0 Å². The van der Waals surface area contributed by atoms with Gasteiger partial charge in [0.15, 0.2) is 0 Å². The highest BCUT2D eigenvalue weighted by Crippen LogP contribution is 2.31. The molecule has 0 bridgehead atoms. The summed E-state index contributed by atoms with van der Waals surface area (Å²) in [5.74, 6) is 0.886. The van der Waals surface area contributed by atoms with Gasteiger partial charge in [0.2, 0.25) is 5.88 Å². The van der Waals surface area contributed by atoms with Crippen LogP contribution in [0.15, 0.2) is 12.1 Å². The Bertz CT molecular complexity index is 659. The molecule has 156 valence electrons. The molecule has 0 spiro atoms. The van der Waals surface area contributed by atoms with E-state index in [1.807, 2.05) is 6.07 Å². The summed E-state index contributed by atoms with van der Waals surface area (Å²) in [5.41, 5.74) is 1.15. The quantitative estimate of drug-likeness (QED) is 0.614. The molecule has 2 saturated heterocycles. The first kappa shape index (κ1) is 20.8. The standard InChI is InChI=1S/C20H31N3O5/c1-13(2)6-15(9-24)21-19(25)17-4-5-18(23-7-16(8-23)26-3)20(22-17)28-12-14-10-27-11-14/h4-5,13-16,24H,6-12H2,1-3H3,(H,21,25). The molecule has 2 aliphatic heterocycles. The molecule has 3 rings (SSSR count). The minimum atomic E-state index is -0.304. The number of aliphatic hydroxyl groups excluding tert-OH is 1. The molecule has 0 saturated carbocycles. The van der Waals surface area contributed by atoms with Gasteiger partial charge in [0.25, 0.3) is 5.91 Å². The minimum absolute atomic E-state index is 0.0980. The van der Waals surface area contributed by atoms with Gasteiger partial charge in [-0.3, -0.25) is 4.79 Å². The van der Waals surface area contributed by atoms with Crippen molar-refractivity contribution in [2.75, 3.05) is 51.5 Å². The number of hydrogen-bond acceptors (Lipinski definition) is 7. The van der Waals surface area contributed by atoms with Crippen molar-refractivity contribution in [3.63, 3.8) is 0 Å². The molecule has 1 aromatic rings. The number of hydrogen-bond donors (Lipinski definition) is 2. The molecule has 28 heavy (non-hydrogen) atoms. The average molecular weight is 393 g/mol. The third kappa shape index (κ3) is 5.12. The van der Waals surface area contributed by atoms with Gasteiger partial charge in [0.1, 0.15) is 11.4 Å². The van der Waals surface area contributed by atoms with Crippen LogP contribution in [0.5, 0.6) is 5.88 Å². The van der Waals surface area contributed by atoms with Crippen LogP contribution in [-0.2, 0) is 9.47 Å². The second-order valence-electron chi connectivity index (χ2n) is 7.98. The molecule has 0 aromatic carbocycles. The van der Waals surface area contributed by atoms with Crippen molar-refractivity contribution in [1.82, 2.24) is 10.3 Å². The summed E-state index contributed by atoms with van der Waals surface area (Å²) < 4.78 is 16.5. The van der Waals surface area contributed by atoms with Crippen LogP contribution < -0.4 is 15.0 Å². The van der Waals surface area contributed by atoms with Gasteiger partial charge in [0.05, 0.1) is 38.6 Å². The number of anilines is 1. The monoisotopic (exact) mass is 393 g/mol.